The van der Waals surface area contributed by atoms with Gasteiger partial charge in [0.15, 0.2) is 0 Å². The van der Waals surface area contributed by atoms with Crippen LogP contribution in [0.4, 0.5) is 4.79 Å². The molecule has 0 radical (unpaired) electrons. The molecule has 1 aliphatic heterocycles. The average Bonchev–Trinajstić information content (AvgIpc) is 2.37. The highest BCUT2D eigenvalue weighted by molar-refractivity contribution is 5.68. The highest BCUT2D eigenvalue weighted by Crippen LogP contribution is 2.36. The van der Waals surface area contributed by atoms with E-state index < -0.39 is 5.60 Å². The number of rotatable bonds is 1. The van der Waals surface area contributed by atoms with Crippen LogP contribution in [0.1, 0.15) is 47.0 Å². The first kappa shape index (κ1) is 14.9. The van der Waals surface area contributed by atoms with Gasteiger partial charge in [0.25, 0.3) is 0 Å². The topological polar surface area (TPSA) is 50.4 Å². The third kappa shape index (κ3) is 3.56. The summed E-state index contributed by atoms with van der Waals surface area (Å²) in [6.07, 6.45) is 5.07. The van der Waals surface area contributed by atoms with Gasteiger partial charge in [-0.2, -0.15) is 0 Å². The molecule has 0 spiro atoms. The first-order valence-electron chi connectivity index (χ1n) is 7.41. The summed E-state index contributed by atoms with van der Waals surface area (Å²) in [4.78, 5) is 11.9. The van der Waals surface area contributed by atoms with Crippen molar-refractivity contribution in [1.82, 2.24) is 10.6 Å². The van der Waals surface area contributed by atoms with Crippen LogP contribution in [0, 0.1) is 11.8 Å². The van der Waals surface area contributed by atoms with Crippen molar-refractivity contribution < 1.29 is 9.53 Å². The highest BCUT2D eigenvalue weighted by Gasteiger charge is 2.33. The van der Waals surface area contributed by atoms with Crippen molar-refractivity contribution in [2.24, 2.45) is 11.8 Å². The van der Waals surface area contributed by atoms with Crippen LogP contribution in [0.3, 0.4) is 0 Å². The van der Waals surface area contributed by atoms with Gasteiger partial charge >= 0.3 is 6.09 Å². The summed E-state index contributed by atoms with van der Waals surface area (Å²) in [5, 5.41) is 6.32. The number of hydrogen-bond acceptors (Lipinski definition) is 3. The Hall–Kier alpha value is -1.45. The highest BCUT2D eigenvalue weighted by atomic mass is 16.6. The predicted molar refractivity (Wildman–Crippen MR) is 80.0 cm³/mol. The summed E-state index contributed by atoms with van der Waals surface area (Å²) in [5.41, 5.74) is 1.63. The number of hydrogen-bond donors (Lipinski definition) is 2. The monoisotopic (exact) mass is 278 g/mol. The molecule has 0 aromatic rings. The van der Waals surface area contributed by atoms with Crippen molar-refractivity contribution in [2.45, 2.75) is 58.6 Å². The lowest BCUT2D eigenvalue weighted by Crippen LogP contribution is -2.42. The van der Waals surface area contributed by atoms with Gasteiger partial charge < -0.3 is 15.4 Å². The van der Waals surface area contributed by atoms with E-state index in [2.05, 4.69) is 30.2 Å². The molecule has 2 N–H and O–H groups in total. The van der Waals surface area contributed by atoms with Gasteiger partial charge in [-0.25, -0.2) is 4.79 Å². The molecule has 20 heavy (non-hydrogen) atoms. The van der Waals surface area contributed by atoms with Gasteiger partial charge in [0.1, 0.15) is 5.60 Å². The molecule has 112 valence electrons. The van der Waals surface area contributed by atoms with Crippen LogP contribution >= 0.6 is 0 Å². The molecule has 1 aliphatic carbocycles. The number of allylic oxidation sites excluding steroid dienone is 2. The minimum atomic E-state index is -0.477. The summed E-state index contributed by atoms with van der Waals surface area (Å²) in [7, 11) is 0. The van der Waals surface area contributed by atoms with E-state index in [4.69, 9.17) is 4.74 Å². The van der Waals surface area contributed by atoms with Gasteiger partial charge in [-0.05, 0) is 51.9 Å². The van der Waals surface area contributed by atoms with Crippen molar-refractivity contribution in [3.63, 3.8) is 0 Å². The SMILES string of the molecule is C=C1NC2=CCCC(CC1NC(=O)OC(C)(C)C)C2C. The van der Waals surface area contributed by atoms with Crippen LogP contribution in [-0.2, 0) is 4.74 Å². The Labute approximate surface area is 121 Å². The van der Waals surface area contributed by atoms with Crippen molar-refractivity contribution >= 4 is 6.09 Å². The van der Waals surface area contributed by atoms with Crippen molar-refractivity contribution in [1.29, 1.82) is 0 Å². The second-order valence-electron chi connectivity index (χ2n) is 6.87. The summed E-state index contributed by atoms with van der Waals surface area (Å²) in [5.74, 6) is 1.09. The fraction of sp³-hybridized carbons (Fsp3) is 0.688. The van der Waals surface area contributed by atoms with Gasteiger partial charge in [-0.1, -0.05) is 19.6 Å². The zero-order valence-corrected chi connectivity index (χ0v) is 13.0. The second kappa shape index (κ2) is 5.51. The van der Waals surface area contributed by atoms with E-state index in [1.165, 1.54) is 12.1 Å². The fourth-order valence-electron chi connectivity index (χ4n) is 2.94. The molecule has 1 saturated heterocycles. The summed E-state index contributed by atoms with van der Waals surface area (Å²) < 4.78 is 5.33. The number of nitrogens with one attached hydrogen (secondary N) is 2. The van der Waals surface area contributed by atoms with Gasteiger partial charge in [0, 0.05) is 11.4 Å². The van der Waals surface area contributed by atoms with E-state index in [1.54, 1.807) is 0 Å². The maximum Gasteiger partial charge on any atom is 0.408 e. The summed E-state index contributed by atoms with van der Waals surface area (Å²) >= 11 is 0. The van der Waals surface area contributed by atoms with E-state index in [1.807, 2.05) is 20.8 Å². The molecule has 2 bridgehead atoms. The van der Waals surface area contributed by atoms with E-state index in [9.17, 15) is 4.79 Å². The second-order valence-corrected chi connectivity index (χ2v) is 6.87. The first-order valence-corrected chi connectivity index (χ1v) is 7.41. The largest absolute Gasteiger partial charge is 0.444 e. The summed E-state index contributed by atoms with van der Waals surface area (Å²) in [6, 6.07) is -0.0682. The number of fused-ring (bicyclic) bond motifs is 2. The maximum atomic E-state index is 11.9. The number of carbonyl (C=O) groups excluding carboxylic acids is 1. The Kier molecular flexibility index (Phi) is 4.11. The lowest BCUT2D eigenvalue weighted by atomic mass is 9.80. The maximum absolute atomic E-state index is 11.9. The quantitative estimate of drug-likeness (QED) is 0.773. The fourth-order valence-corrected chi connectivity index (χ4v) is 2.94. The minimum Gasteiger partial charge on any atom is -0.444 e. The molecule has 3 unspecified atom stereocenters. The molecule has 1 fully saturated rings. The predicted octanol–water partition coefficient (Wildman–Crippen LogP) is 3.32. The van der Waals surface area contributed by atoms with E-state index in [0.29, 0.717) is 11.8 Å². The lowest BCUT2D eigenvalue weighted by Gasteiger charge is -2.28. The molecule has 2 aliphatic rings. The zero-order valence-electron chi connectivity index (χ0n) is 13.0. The van der Waals surface area contributed by atoms with Crippen LogP contribution < -0.4 is 10.6 Å². The molecular weight excluding hydrogens is 252 g/mol. The van der Waals surface area contributed by atoms with Crippen molar-refractivity contribution in [2.75, 3.05) is 0 Å². The first-order chi connectivity index (χ1) is 9.26. The van der Waals surface area contributed by atoms with Crippen molar-refractivity contribution in [3.05, 3.63) is 24.0 Å². The molecule has 2 rings (SSSR count). The Bertz CT molecular complexity index is 434. The molecule has 4 nitrogen and oxygen atoms in total. The average molecular weight is 278 g/mol. The Morgan fingerprint density at radius 3 is 2.85 bits per heavy atom. The smallest absolute Gasteiger partial charge is 0.408 e. The molecule has 1 heterocycles. The number of carbonyl (C=O) groups is 1. The molecule has 3 atom stereocenters. The van der Waals surface area contributed by atoms with Crippen LogP contribution in [-0.4, -0.2) is 17.7 Å². The minimum absolute atomic E-state index is 0.0682. The van der Waals surface area contributed by atoms with E-state index in [0.717, 1.165) is 18.5 Å². The Morgan fingerprint density at radius 1 is 1.50 bits per heavy atom. The van der Waals surface area contributed by atoms with Crippen LogP contribution in [0.2, 0.25) is 0 Å². The van der Waals surface area contributed by atoms with Gasteiger partial charge in [-0.3, -0.25) is 0 Å². The third-order valence-corrected chi connectivity index (χ3v) is 4.05. The van der Waals surface area contributed by atoms with Gasteiger partial charge in [0.05, 0.1) is 6.04 Å². The number of amides is 1. The summed E-state index contributed by atoms with van der Waals surface area (Å²) in [6.45, 7) is 11.9. The number of alkyl carbamates (subject to hydrolysis) is 1. The molecule has 0 aromatic heterocycles. The molecule has 1 amide bonds. The van der Waals surface area contributed by atoms with Crippen LogP contribution in [0.5, 0.6) is 0 Å². The van der Waals surface area contributed by atoms with E-state index >= 15 is 0 Å². The number of ether oxygens (including phenoxy) is 1. The Balaban J connectivity index is 2.04. The van der Waals surface area contributed by atoms with Gasteiger partial charge in [0.2, 0.25) is 0 Å². The van der Waals surface area contributed by atoms with Crippen LogP contribution in [0.25, 0.3) is 0 Å². The van der Waals surface area contributed by atoms with E-state index in [-0.39, 0.29) is 12.1 Å². The standard InChI is InChI=1S/C16H26N2O2/c1-10-12-7-6-8-13(10)17-11(2)14(9-12)18-15(19)20-16(3,4)5/h8,10,12,14,17H,2,6-7,9H2,1,3-5H3,(H,18,19). The molecule has 0 aromatic carbocycles. The third-order valence-electron chi connectivity index (χ3n) is 4.05. The Morgan fingerprint density at radius 2 is 2.20 bits per heavy atom. The molecule has 4 heteroatoms. The lowest BCUT2D eigenvalue weighted by molar-refractivity contribution is 0.0505. The zero-order chi connectivity index (χ0) is 14.9. The van der Waals surface area contributed by atoms with Gasteiger partial charge in [-0.15, -0.1) is 0 Å². The van der Waals surface area contributed by atoms with Crippen molar-refractivity contribution in [3.8, 4) is 0 Å². The molecule has 0 saturated carbocycles. The normalized spacial score (nSPS) is 29.9. The molecular formula is C16H26N2O2. The van der Waals surface area contributed by atoms with Crippen LogP contribution in [0.15, 0.2) is 24.0 Å².